The zero-order valence-electron chi connectivity index (χ0n) is 23.6. The standard InChI is InChI=1S/C24H42N10O7/c1-12-20(38)33-15(19(25)37)6-4-10-28-18(36)9-8-17(32-14(3)35)23(41)31-13(2)21(39)34-16(22(40)30-12)7-5-11-29-24(26)27/h12-13,15-17H,4-11H2,1-3H3,(H2,25,37)(H,28,36)(H,30,40)(H,31,41)(H,32,35)(H,33,38)(H,34,39)(H4,26,27,29)/t12-,13-,15-,16-,17-/m0/s1. The molecule has 1 aliphatic rings. The molecule has 0 aromatic heterocycles. The molecule has 7 amide bonds. The van der Waals surface area contributed by atoms with E-state index in [9.17, 15) is 33.6 Å². The molecule has 0 aliphatic carbocycles. The number of carbonyl (C=O) groups excluding carboxylic acids is 7. The van der Waals surface area contributed by atoms with Crippen molar-refractivity contribution in [3.8, 4) is 0 Å². The Bertz CT molecular complexity index is 1010. The monoisotopic (exact) mass is 582 g/mol. The molecule has 1 heterocycles. The van der Waals surface area contributed by atoms with Crippen molar-refractivity contribution in [2.24, 2.45) is 22.2 Å². The maximum absolute atomic E-state index is 13.1. The van der Waals surface area contributed by atoms with Crippen LogP contribution in [0.4, 0.5) is 0 Å². The number of aliphatic imine (C=N–C) groups is 1. The summed E-state index contributed by atoms with van der Waals surface area (Å²) in [5.74, 6) is -4.67. The highest BCUT2D eigenvalue weighted by Gasteiger charge is 2.29. The second kappa shape index (κ2) is 17.3. The van der Waals surface area contributed by atoms with Crippen LogP contribution in [0.2, 0.25) is 0 Å². The quantitative estimate of drug-likeness (QED) is 0.0830. The number of rotatable bonds is 6. The van der Waals surface area contributed by atoms with Crippen molar-refractivity contribution in [2.75, 3.05) is 13.1 Å². The summed E-state index contributed by atoms with van der Waals surface area (Å²) in [5.41, 5.74) is 16.1. The third kappa shape index (κ3) is 13.5. The zero-order chi connectivity index (χ0) is 31.1. The van der Waals surface area contributed by atoms with Gasteiger partial charge >= 0.3 is 0 Å². The summed E-state index contributed by atoms with van der Waals surface area (Å²) in [4.78, 5) is 91.2. The van der Waals surface area contributed by atoms with Crippen molar-refractivity contribution >= 4 is 47.3 Å². The molecular weight excluding hydrogens is 540 g/mol. The number of nitrogens with two attached hydrogens (primary N) is 3. The van der Waals surface area contributed by atoms with Gasteiger partial charge in [0.2, 0.25) is 41.4 Å². The number of primary amides is 1. The highest BCUT2D eigenvalue weighted by molar-refractivity contribution is 5.96. The number of nitrogens with one attached hydrogen (secondary N) is 6. The van der Waals surface area contributed by atoms with Gasteiger partial charge in [0.05, 0.1) is 0 Å². The molecular formula is C24H42N10O7. The average Bonchev–Trinajstić information content (AvgIpc) is 2.88. The molecule has 0 radical (unpaired) electrons. The van der Waals surface area contributed by atoms with Crippen LogP contribution in [0.5, 0.6) is 0 Å². The molecule has 17 nitrogen and oxygen atoms in total. The van der Waals surface area contributed by atoms with Gasteiger partial charge in [-0.2, -0.15) is 0 Å². The molecule has 0 spiro atoms. The van der Waals surface area contributed by atoms with E-state index in [1.54, 1.807) is 0 Å². The maximum atomic E-state index is 13.1. The SMILES string of the molecule is CC(=O)N[C@H]1CCC(=O)NCCC[C@@H](C(N)=O)NC(=O)[C@H](C)NC(=O)[C@H](CCCN=C(N)N)NC(=O)[C@H](C)NC1=O. The van der Waals surface area contributed by atoms with Crippen LogP contribution in [0.1, 0.15) is 59.3 Å². The van der Waals surface area contributed by atoms with Crippen molar-refractivity contribution in [2.45, 2.75) is 89.5 Å². The van der Waals surface area contributed by atoms with Crippen LogP contribution in [-0.2, 0) is 33.6 Å². The first-order valence-corrected chi connectivity index (χ1v) is 13.3. The minimum absolute atomic E-state index is 0.0563. The van der Waals surface area contributed by atoms with E-state index in [4.69, 9.17) is 17.2 Å². The molecule has 0 saturated carbocycles. The van der Waals surface area contributed by atoms with Crippen molar-refractivity contribution in [1.82, 2.24) is 31.9 Å². The summed E-state index contributed by atoms with van der Waals surface area (Å²) in [6.07, 6.45) is 0.590. The maximum Gasteiger partial charge on any atom is 0.243 e. The Morgan fingerprint density at radius 3 is 2.07 bits per heavy atom. The van der Waals surface area contributed by atoms with Crippen LogP contribution in [0, 0.1) is 0 Å². The number of hydrogen-bond donors (Lipinski definition) is 9. The summed E-state index contributed by atoms with van der Waals surface area (Å²) in [6, 6.07) is -5.55. The lowest BCUT2D eigenvalue weighted by molar-refractivity contribution is -0.134. The first-order chi connectivity index (χ1) is 19.2. The number of hydrogen-bond acceptors (Lipinski definition) is 8. The van der Waals surface area contributed by atoms with Gasteiger partial charge in [-0.15, -0.1) is 0 Å². The molecule has 5 atom stereocenters. The fraction of sp³-hybridized carbons (Fsp3) is 0.667. The summed E-state index contributed by atoms with van der Waals surface area (Å²) in [7, 11) is 0. The molecule has 41 heavy (non-hydrogen) atoms. The summed E-state index contributed by atoms with van der Waals surface area (Å²) in [6.45, 7) is 4.30. The van der Waals surface area contributed by atoms with E-state index in [1.807, 2.05) is 0 Å². The first kappa shape index (κ1) is 34.6. The van der Waals surface area contributed by atoms with Gasteiger partial charge < -0.3 is 49.1 Å². The highest BCUT2D eigenvalue weighted by atomic mass is 16.2. The zero-order valence-corrected chi connectivity index (χ0v) is 23.6. The topological polar surface area (TPSA) is 282 Å². The van der Waals surface area contributed by atoms with Gasteiger partial charge in [-0.25, -0.2) is 0 Å². The molecule has 0 unspecified atom stereocenters. The largest absolute Gasteiger partial charge is 0.370 e. The average molecular weight is 583 g/mol. The Labute approximate surface area is 237 Å². The third-order valence-corrected chi connectivity index (χ3v) is 6.09. The fourth-order valence-corrected chi connectivity index (χ4v) is 3.82. The van der Waals surface area contributed by atoms with E-state index in [0.717, 1.165) is 0 Å². The molecule has 1 rings (SSSR count). The van der Waals surface area contributed by atoms with Gasteiger partial charge in [0.15, 0.2) is 5.96 Å². The van der Waals surface area contributed by atoms with Crippen LogP contribution in [0.3, 0.4) is 0 Å². The molecule has 1 saturated heterocycles. The molecule has 1 aliphatic heterocycles. The van der Waals surface area contributed by atoms with Crippen LogP contribution in [0.15, 0.2) is 4.99 Å². The Morgan fingerprint density at radius 2 is 1.49 bits per heavy atom. The minimum Gasteiger partial charge on any atom is -0.370 e. The number of amides is 7. The van der Waals surface area contributed by atoms with E-state index in [2.05, 4.69) is 36.9 Å². The van der Waals surface area contributed by atoms with Crippen molar-refractivity contribution in [3.63, 3.8) is 0 Å². The molecule has 230 valence electrons. The normalized spacial score (nSPS) is 25.7. The lowest BCUT2D eigenvalue weighted by atomic mass is 10.1. The van der Waals surface area contributed by atoms with E-state index in [-0.39, 0.29) is 57.6 Å². The molecule has 1 fully saturated rings. The van der Waals surface area contributed by atoms with Crippen molar-refractivity contribution in [3.05, 3.63) is 0 Å². The fourth-order valence-electron chi connectivity index (χ4n) is 3.82. The lowest BCUT2D eigenvalue weighted by Crippen LogP contribution is -2.58. The summed E-state index contributed by atoms with van der Waals surface area (Å²) in [5, 5.41) is 15.1. The van der Waals surface area contributed by atoms with Crippen LogP contribution < -0.4 is 49.1 Å². The summed E-state index contributed by atoms with van der Waals surface area (Å²) >= 11 is 0. The molecule has 0 aromatic rings. The van der Waals surface area contributed by atoms with Gasteiger partial charge in [0.25, 0.3) is 0 Å². The Morgan fingerprint density at radius 1 is 0.878 bits per heavy atom. The van der Waals surface area contributed by atoms with Gasteiger partial charge in [0, 0.05) is 26.4 Å². The van der Waals surface area contributed by atoms with Crippen LogP contribution in [0.25, 0.3) is 0 Å². The number of carbonyl (C=O) groups is 7. The smallest absolute Gasteiger partial charge is 0.243 e. The van der Waals surface area contributed by atoms with E-state index in [0.29, 0.717) is 0 Å². The minimum atomic E-state index is -1.14. The Hall–Kier alpha value is -4.44. The molecule has 12 N–H and O–H groups in total. The molecule has 0 bridgehead atoms. The van der Waals surface area contributed by atoms with Gasteiger partial charge in [-0.1, -0.05) is 0 Å². The van der Waals surface area contributed by atoms with Crippen LogP contribution in [-0.4, -0.2) is 90.6 Å². The Kier molecular flexibility index (Phi) is 14.6. The second-order valence-electron chi connectivity index (χ2n) is 9.72. The predicted octanol–water partition coefficient (Wildman–Crippen LogP) is -4.30. The molecule has 17 heteroatoms. The van der Waals surface area contributed by atoms with Crippen molar-refractivity contribution < 1.29 is 33.6 Å². The summed E-state index contributed by atoms with van der Waals surface area (Å²) < 4.78 is 0. The first-order valence-electron chi connectivity index (χ1n) is 13.3. The van der Waals surface area contributed by atoms with E-state index >= 15 is 0 Å². The lowest BCUT2D eigenvalue weighted by Gasteiger charge is -2.25. The van der Waals surface area contributed by atoms with E-state index in [1.165, 1.54) is 20.8 Å². The number of nitrogens with zero attached hydrogens (tertiary/aromatic N) is 1. The van der Waals surface area contributed by atoms with Crippen LogP contribution >= 0.6 is 0 Å². The predicted molar refractivity (Wildman–Crippen MR) is 147 cm³/mol. The van der Waals surface area contributed by atoms with Crippen molar-refractivity contribution in [1.29, 1.82) is 0 Å². The van der Waals surface area contributed by atoms with Gasteiger partial charge in [0.1, 0.15) is 30.2 Å². The van der Waals surface area contributed by atoms with Gasteiger partial charge in [-0.05, 0) is 46.0 Å². The highest BCUT2D eigenvalue weighted by Crippen LogP contribution is 2.04. The second-order valence-corrected chi connectivity index (χ2v) is 9.72. The molecule has 0 aromatic carbocycles. The number of guanidine groups is 1. The van der Waals surface area contributed by atoms with Gasteiger partial charge in [-0.3, -0.25) is 38.6 Å². The third-order valence-electron chi connectivity index (χ3n) is 6.09. The van der Waals surface area contributed by atoms with E-state index < -0.39 is 71.6 Å². The Balaban J connectivity index is 3.20.